The molecule has 1 heterocycles. The Balaban J connectivity index is 1.93. The van der Waals surface area contributed by atoms with Crippen molar-refractivity contribution in [3.63, 3.8) is 0 Å². The summed E-state index contributed by atoms with van der Waals surface area (Å²) in [6, 6.07) is 8.70. The van der Waals surface area contributed by atoms with Crippen molar-refractivity contribution in [2.45, 2.75) is 40.2 Å². The maximum absolute atomic E-state index is 12.3. The number of hydrogen-bond donors (Lipinski definition) is 2. The molecular formula is C18H28N2O. The first-order valence-corrected chi connectivity index (χ1v) is 8.07. The summed E-state index contributed by atoms with van der Waals surface area (Å²) < 4.78 is 0. The van der Waals surface area contributed by atoms with E-state index in [1.165, 1.54) is 11.1 Å². The molecule has 1 aromatic rings. The highest BCUT2D eigenvalue weighted by Crippen LogP contribution is 2.19. The third-order valence-corrected chi connectivity index (χ3v) is 4.34. The molecule has 1 amide bonds. The van der Waals surface area contributed by atoms with E-state index in [1.54, 1.807) is 0 Å². The number of amides is 1. The Bertz CT molecular complexity index is 467. The van der Waals surface area contributed by atoms with Crippen molar-refractivity contribution in [2.24, 2.45) is 17.8 Å². The summed E-state index contributed by atoms with van der Waals surface area (Å²) in [5.74, 6) is 1.37. The standard InChI is InChI=1S/C18H28N2O/c1-12(2)9-15-5-7-16(8-6-15)14(4)20-18(21)17-11-19-10-13(17)3/h5-8,12-14,17,19H,9-11H2,1-4H3,(H,20,21)/t13-,14?,17-/m1/s1. The molecule has 3 heteroatoms. The van der Waals surface area contributed by atoms with Crippen molar-refractivity contribution in [2.75, 3.05) is 13.1 Å². The van der Waals surface area contributed by atoms with Crippen LogP contribution >= 0.6 is 0 Å². The summed E-state index contributed by atoms with van der Waals surface area (Å²) in [6.45, 7) is 10.4. The minimum Gasteiger partial charge on any atom is -0.349 e. The molecule has 0 saturated carbocycles. The van der Waals surface area contributed by atoms with E-state index in [0.717, 1.165) is 19.5 Å². The second-order valence-corrected chi connectivity index (χ2v) is 6.81. The van der Waals surface area contributed by atoms with Crippen LogP contribution in [0.1, 0.15) is 44.9 Å². The molecule has 0 spiro atoms. The van der Waals surface area contributed by atoms with Gasteiger partial charge in [0.1, 0.15) is 0 Å². The first-order valence-electron chi connectivity index (χ1n) is 8.07. The van der Waals surface area contributed by atoms with Gasteiger partial charge in [-0.25, -0.2) is 0 Å². The number of benzene rings is 1. The van der Waals surface area contributed by atoms with E-state index in [-0.39, 0.29) is 17.9 Å². The fraction of sp³-hybridized carbons (Fsp3) is 0.611. The number of nitrogens with one attached hydrogen (secondary N) is 2. The average Bonchev–Trinajstić information content (AvgIpc) is 2.85. The highest BCUT2D eigenvalue weighted by molar-refractivity contribution is 5.80. The van der Waals surface area contributed by atoms with Crippen molar-refractivity contribution in [1.82, 2.24) is 10.6 Å². The molecular weight excluding hydrogens is 260 g/mol. The van der Waals surface area contributed by atoms with Gasteiger partial charge in [0.2, 0.25) is 5.91 Å². The predicted octanol–water partition coefficient (Wildman–Crippen LogP) is 2.92. The number of rotatable bonds is 5. The Morgan fingerprint density at radius 1 is 1.24 bits per heavy atom. The number of carbonyl (C=O) groups is 1. The maximum Gasteiger partial charge on any atom is 0.225 e. The molecule has 1 aliphatic rings. The van der Waals surface area contributed by atoms with E-state index in [1.807, 2.05) is 0 Å². The smallest absolute Gasteiger partial charge is 0.225 e. The molecule has 1 saturated heterocycles. The summed E-state index contributed by atoms with van der Waals surface area (Å²) in [5, 5.41) is 6.43. The van der Waals surface area contributed by atoms with Crippen LogP contribution in [0.5, 0.6) is 0 Å². The lowest BCUT2D eigenvalue weighted by atomic mass is 9.96. The van der Waals surface area contributed by atoms with Crippen molar-refractivity contribution in [3.05, 3.63) is 35.4 Å². The van der Waals surface area contributed by atoms with Crippen LogP contribution < -0.4 is 10.6 Å². The SMILES string of the molecule is CC(C)Cc1ccc(C(C)NC(=O)[C@@H]2CNC[C@H]2C)cc1. The lowest BCUT2D eigenvalue weighted by molar-refractivity contribution is -0.126. The first-order chi connectivity index (χ1) is 9.97. The van der Waals surface area contributed by atoms with Gasteiger partial charge >= 0.3 is 0 Å². The van der Waals surface area contributed by atoms with Crippen molar-refractivity contribution < 1.29 is 4.79 Å². The summed E-state index contributed by atoms with van der Waals surface area (Å²) in [6.07, 6.45) is 1.10. The van der Waals surface area contributed by atoms with E-state index in [2.05, 4.69) is 62.6 Å². The third-order valence-electron chi connectivity index (χ3n) is 4.34. The van der Waals surface area contributed by atoms with E-state index in [4.69, 9.17) is 0 Å². The summed E-state index contributed by atoms with van der Waals surface area (Å²) in [7, 11) is 0. The molecule has 2 rings (SSSR count). The number of carbonyl (C=O) groups excluding carboxylic acids is 1. The van der Waals surface area contributed by atoms with Crippen LogP contribution in [0.2, 0.25) is 0 Å². The zero-order chi connectivity index (χ0) is 15.4. The Hall–Kier alpha value is -1.35. The second-order valence-electron chi connectivity index (χ2n) is 6.81. The fourth-order valence-corrected chi connectivity index (χ4v) is 2.98. The van der Waals surface area contributed by atoms with Gasteiger partial charge in [0.05, 0.1) is 12.0 Å². The molecule has 1 unspecified atom stereocenters. The highest BCUT2D eigenvalue weighted by Gasteiger charge is 2.30. The van der Waals surface area contributed by atoms with Crippen LogP contribution in [-0.2, 0) is 11.2 Å². The van der Waals surface area contributed by atoms with Gasteiger partial charge in [-0.2, -0.15) is 0 Å². The fourth-order valence-electron chi connectivity index (χ4n) is 2.98. The Labute approximate surface area is 128 Å². The molecule has 1 aliphatic heterocycles. The van der Waals surface area contributed by atoms with E-state index in [9.17, 15) is 4.79 Å². The van der Waals surface area contributed by atoms with Crippen molar-refractivity contribution in [3.8, 4) is 0 Å². The van der Waals surface area contributed by atoms with E-state index < -0.39 is 0 Å². The number of hydrogen-bond acceptors (Lipinski definition) is 2. The van der Waals surface area contributed by atoms with Crippen LogP contribution in [0.3, 0.4) is 0 Å². The van der Waals surface area contributed by atoms with Crippen LogP contribution in [0, 0.1) is 17.8 Å². The second kappa shape index (κ2) is 7.08. The molecule has 1 aromatic carbocycles. The monoisotopic (exact) mass is 288 g/mol. The highest BCUT2D eigenvalue weighted by atomic mass is 16.2. The van der Waals surface area contributed by atoms with Gasteiger partial charge in [-0.1, -0.05) is 45.0 Å². The molecule has 0 aromatic heterocycles. The molecule has 0 radical (unpaired) electrons. The topological polar surface area (TPSA) is 41.1 Å². The molecule has 3 atom stereocenters. The molecule has 116 valence electrons. The largest absolute Gasteiger partial charge is 0.349 e. The van der Waals surface area contributed by atoms with Gasteiger partial charge < -0.3 is 10.6 Å². The average molecular weight is 288 g/mol. The van der Waals surface area contributed by atoms with Crippen LogP contribution in [0.4, 0.5) is 0 Å². The van der Waals surface area contributed by atoms with Crippen LogP contribution in [0.15, 0.2) is 24.3 Å². The van der Waals surface area contributed by atoms with Gasteiger partial charge in [-0.3, -0.25) is 4.79 Å². The third kappa shape index (κ3) is 4.31. The summed E-state index contributed by atoms with van der Waals surface area (Å²) in [5.41, 5.74) is 2.54. The lowest BCUT2D eigenvalue weighted by Gasteiger charge is -2.19. The zero-order valence-electron chi connectivity index (χ0n) is 13.6. The molecule has 1 fully saturated rings. The van der Waals surface area contributed by atoms with E-state index >= 15 is 0 Å². The minimum atomic E-state index is 0.0680. The molecule has 3 nitrogen and oxygen atoms in total. The van der Waals surface area contributed by atoms with Gasteiger partial charge in [-0.05, 0) is 42.9 Å². The maximum atomic E-state index is 12.3. The minimum absolute atomic E-state index is 0.0680. The Morgan fingerprint density at radius 3 is 2.43 bits per heavy atom. The zero-order valence-corrected chi connectivity index (χ0v) is 13.6. The van der Waals surface area contributed by atoms with Crippen LogP contribution in [0.25, 0.3) is 0 Å². The van der Waals surface area contributed by atoms with Crippen molar-refractivity contribution >= 4 is 5.91 Å². The molecule has 21 heavy (non-hydrogen) atoms. The van der Waals surface area contributed by atoms with Gasteiger partial charge in [-0.15, -0.1) is 0 Å². The first kappa shape index (κ1) is 16.0. The Morgan fingerprint density at radius 2 is 1.90 bits per heavy atom. The summed E-state index contributed by atoms with van der Waals surface area (Å²) in [4.78, 5) is 12.3. The molecule has 0 bridgehead atoms. The molecule has 0 aliphatic carbocycles. The van der Waals surface area contributed by atoms with Crippen molar-refractivity contribution in [1.29, 1.82) is 0 Å². The van der Waals surface area contributed by atoms with Gasteiger partial charge in [0.15, 0.2) is 0 Å². The summed E-state index contributed by atoms with van der Waals surface area (Å²) >= 11 is 0. The van der Waals surface area contributed by atoms with Gasteiger partial charge in [0, 0.05) is 6.54 Å². The predicted molar refractivity (Wildman–Crippen MR) is 87.1 cm³/mol. The normalized spacial score (nSPS) is 23.3. The Kier molecular flexibility index (Phi) is 5.40. The quantitative estimate of drug-likeness (QED) is 0.874. The van der Waals surface area contributed by atoms with Crippen LogP contribution in [-0.4, -0.2) is 19.0 Å². The lowest BCUT2D eigenvalue weighted by Crippen LogP contribution is -2.35. The molecule has 2 N–H and O–H groups in total. The van der Waals surface area contributed by atoms with Gasteiger partial charge in [0.25, 0.3) is 0 Å². The van der Waals surface area contributed by atoms with E-state index in [0.29, 0.717) is 11.8 Å².